The molecule has 1 saturated carbocycles. The zero-order chi connectivity index (χ0) is 17.5. The van der Waals surface area contributed by atoms with Crippen LogP contribution in [0, 0.1) is 17.8 Å². The third-order valence-electron chi connectivity index (χ3n) is 4.86. The van der Waals surface area contributed by atoms with Crippen LogP contribution in [0.15, 0.2) is 60.7 Å². The summed E-state index contributed by atoms with van der Waals surface area (Å²) in [6.07, 6.45) is 0.670. The molecular weight excluding hydrogens is 316 g/mol. The van der Waals surface area contributed by atoms with Gasteiger partial charge >= 0.3 is 5.97 Å². The van der Waals surface area contributed by atoms with Crippen LogP contribution in [-0.4, -0.2) is 24.3 Å². The van der Waals surface area contributed by atoms with Crippen molar-refractivity contribution in [2.75, 3.05) is 13.2 Å². The molecule has 3 rings (SSSR count). The van der Waals surface area contributed by atoms with Crippen LogP contribution in [0.25, 0.3) is 0 Å². The largest absolute Gasteiger partial charge is 0.481 e. The molecule has 0 aromatic heterocycles. The van der Waals surface area contributed by atoms with Crippen molar-refractivity contribution in [3.8, 4) is 0 Å². The van der Waals surface area contributed by atoms with Crippen molar-refractivity contribution >= 4 is 5.97 Å². The van der Waals surface area contributed by atoms with E-state index in [0.29, 0.717) is 32.8 Å². The lowest BCUT2D eigenvalue weighted by atomic mass is 9.65. The predicted octanol–water partition coefficient (Wildman–Crippen LogP) is 3.76. The SMILES string of the molecule is O=C(O)C1C[C@H](COCc2ccccc2)[C@H]1COCc1ccccc1. The topological polar surface area (TPSA) is 55.8 Å². The van der Waals surface area contributed by atoms with Crippen molar-refractivity contribution in [1.82, 2.24) is 0 Å². The van der Waals surface area contributed by atoms with Crippen molar-refractivity contribution in [3.63, 3.8) is 0 Å². The van der Waals surface area contributed by atoms with Gasteiger partial charge in [0.2, 0.25) is 0 Å². The number of aliphatic carboxylic acids is 1. The Labute approximate surface area is 148 Å². The first kappa shape index (κ1) is 17.6. The quantitative estimate of drug-likeness (QED) is 0.755. The second kappa shape index (κ2) is 8.79. The molecule has 0 heterocycles. The zero-order valence-electron chi connectivity index (χ0n) is 14.2. The van der Waals surface area contributed by atoms with Gasteiger partial charge in [-0.1, -0.05) is 60.7 Å². The maximum atomic E-state index is 11.4. The Bertz CT molecular complexity index is 656. The number of ether oxygens (including phenoxy) is 2. The second-order valence-electron chi connectivity index (χ2n) is 6.61. The first-order valence-corrected chi connectivity index (χ1v) is 8.70. The number of hydrogen-bond acceptors (Lipinski definition) is 3. The van der Waals surface area contributed by atoms with E-state index in [0.717, 1.165) is 11.1 Å². The van der Waals surface area contributed by atoms with Crippen LogP contribution in [0.2, 0.25) is 0 Å². The second-order valence-corrected chi connectivity index (χ2v) is 6.61. The van der Waals surface area contributed by atoms with E-state index in [2.05, 4.69) is 0 Å². The molecule has 4 heteroatoms. The van der Waals surface area contributed by atoms with Gasteiger partial charge in [0.05, 0.1) is 32.3 Å². The molecule has 1 aliphatic carbocycles. The summed E-state index contributed by atoms with van der Waals surface area (Å²) in [6, 6.07) is 20.0. The zero-order valence-corrected chi connectivity index (χ0v) is 14.2. The van der Waals surface area contributed by atoms with Crippen molar-refractivity contribution in [1.29, 1.82) is 0 Å². The summed E-state index contributed by atoms with van der Waals surface area (Å²) in [5.41, 5.74) is 2.24. The fraction of sp³-hybridized carbons (Fsp3) is 0.381. The number of carboxylic acids is 1. The summed E-state index contributed by atoms with van der Waals surface area (Å²) >= 11 is 0. The normalized spacial score (nSPS) is 22.3. The van der Waals surface area contributed by atoms with E-state index >= 15 is 0 Å². The Morgan fingerprint density at radius 3 is 1.92 bits per heavy atom. The number of hydrogen-bond donors (Lipinski definition) is 1. The maximum Gasteiger partial charge on any atom is 0.306 e. The van der Waals surface area contributed by atoms with Gasteiger partial charge in [-0.05, 0) is 23.5 Å². The summed E-state index contributed by atoms with van der Waals surface area (Å²) < 4.78 is 11.6. The molecule has 0 aliphatic heterocycles. The minimum absolute atomic E-state index is 0.0250. The number of benzene rings is 2. The molecule has 0 saturated heterocycles. The highest BCUT2D eigenvalue weighted by molar-refractivity contribution is 5.71. The Balaban J connectivity index is 1.45. The summed E-state index contributed by atoms with van der Waals surface area (Å²) in [6.45, 7) is 2.12. The van der Waals surface area contributed by atoms with Gasteiger partial charge in [0.1, 0.15) is 0 Å². The van der Waals surface area contributed by atoms with Crippen LogP contribution in [0.4, 0.5) is 0 Å². The highest BCUT2D eigenvalue weighted by atomic mass is 16.5. The van der Waals surface area contributed by atoms with Crippen LogP contribution in [0.5, 0.6) is 0 Å². The number of carbonyl (C=O) groups is 1. The molecule has 2 aromatic rings. The van der Waals surface area contributed by atoms with Gasteiger partial charge in [0, 0.05) is 5.92 Å². The van der Waals surface area contributed by atoms with E-state index in [1.165, 1.54) is 0 Å². The monoisotopic (exact) mass is 340 g/mol. The molecule has 1 aliphatic rings. The molecule has 132 valence electrons. The maximum absolute atomic E-state index is 11.4. The molecular formula is C21H24O4. The highest BCUT2D eigenvalue weighted by Gasteiger charge is 2.45. The minimum atomic E-state index is -0.729. The van der Waals surface area contributed by atoms with Crippen molar-refractivity contribution < 1.29 is 19.4 Å². The van der Waals surface area contributed by atoms with E-state index in [1.807, 2.05) is 60.7 Å². The molecule has 3 atom stereocenters. The van der Waals surface area contributed by atoms with Gasteiger partial charge in [-0.2, -0.15) is 0 Å². The molecule has 1 N–H and O–H groups in total. The molecule has 0 bridgehead atoms. The summed E-state index contributed by atoms with van der Waals surface area (Å²) in [5, 5.41) is 9.34. The molecule has 1 fully saturated rings. The van der Waals surface area contributed by atoms with Gasteiger partial charge in [-0.3, -0.25) is 4.79 Å². The van der Waals surface area contributed by atoms with Crippen LogP contribution in [0.3, 0.4) is 0 Å². The number of rotatable bonds is 9. The molecule has 0 radical (unpaired) electrons. The van der Waals surface area contributed by atoms with Gasteiger partial charge in [-0.25, -0.2) is 0 Å². The third-order valence-corrected chi connectivity index (χ3v) is 4.86. The lowest BCUT2D eigenvalue weighted by Crippen LogP contribution is -2.46. The van der Waals surface area contributed by atoms with E-state index in [-0.39, 0.29) is 17.8 Å². The first-order valence-electron chi connectivity index (χ1n) is 8.70. The predicted molar refractivity (Wildman–Crippen MR) is 94.9 cm³/mol. The summed E-state index contributed by atoms with van der Waals surface area (Å²) in [5.74, 6) is -0.772. The van der Waals surface area contributed by atoms with Crippen LogP contribution < -0.4 is 0 Å². The van der Waals surface area contributed by atoms with Crippen molar-refractivity contribution in [2.24, 2.45) is 17.8 Å². The fourth-order valence-electron chi connectivity index (χ4n) is 3.33. The van der Waals surface area contributed by atoms with Crippen LogP contribution >= 0.6 is 0 Å². The molecule has 4 nitrogen and oxygen atoms in total. The highest BCUT2D eigenvalue weighted by Crippen LogP contribution is 2.41. The number of carboxylic acid groups (broad SMARTS) is 1. The average molecular weight is 340 g/mol. The minimum Gasteiger partial charge on any atom is -0.481 e. The van der Waals surface area contributed by atoms with Crippen molar-refractivity contribution in [3.05, 3.63) is 71.8 Å². The average Bonchev–Trinajstić information content (AvgIpc) is 2.62. The first-order chi connectivity index (χ1) is 12.2. The Hall–Kier alpha value is -2.17. The Morgan fingerprint density at radius 1 is 0.880 bits per heavy atom. The lowest BCUT2D eigenvalue weighted by molar-refractivity contribution is -0.157. The fourth-order valence-corrected chi connectivity index (χ4v) is 3.33. The smallest absolute Gasteiger partial charge is 0.306 e. The Kier molecular flexibility index (Phi) is 6.20. The molecule has 1 unspecified atom stereocenters. The lowest BCUT2D eigenvalue weighted by Gasteiger charge is -2.42. The molecule has 0 spiro atoms. The molecule has 25 heavy (non-hydrogen) atoms. The van der Waals surface area contributed by atoms with E-state index in [1.54, 1.807) is 0 Å². The standard InChI is InChI=1S/C21H24O4/c22-21(23)19-11-18(14-24-12-16-7-3-1-4-8-16)20(19)15-25-13-17-9-5-2-6-10-17/h1-10,18-20H,11-15H2,(H,22,23)/t18-,19?,20-/m1/s1. The van der Waals surface area contributed by atoms with E-state index in [9.17, 15) is 9.90 Å². The molecule has 2 aromatic carbocycles. The van der Waals surface area contributed by atoms with Gasteiger partial charge < -0.3 is 14.6 Å². The van der Waals surface area contributed by atoms with Crippen LogP contribution in [-0.2, 0) is 27.5 Å². The van der Waals surface area contributed by atoms with Gasteiger partial charge in [0.15, 0.2) is 0 Å². The van der Waals surface area contributed by atoms with Gasteiger partial charge in [0.25, 0.3) is 0 Å². The summed E-state index contributed by atoms with van der Waals surface area (Å²) in [4.78, 5) is 11.4. The van der Waals surface area contributed by atoms with Crippen LogP contribution in [0.1, 0.15) is 17.5 Å². The van der Waals surface area contributed by atoms with E-state index < -0.39 is 5.97 Å². The Morgan fingerprint density at radius 2 is 1.40 bits per heavy atom. The summed E-state index contributed by atoms with van der Waals surface area (Å²) in [7, 11) is 0. The third kappa shape index (κ3) is 4.91. The molecule has 0 amide bonds. The van der Waals surface area contributed by atoms with Crippen molar-refractivity contribution in [2.45, 2.75) is 19.6 Å². The van der Waals surface area contributed by atoms with Gasteiger partial charge in [-0.15, -0.1) is 0 Å². The van der Waals surface area contributed by atoms with E-state index in [4.69, 9.17) is 9.47 Å².